The summed E-state index contributed by atoms with van der Waals surface area (Å²) in [5.74, 6) is -0.421. The summed E-state index contributed by atoms with van der Waals surface area (Å²) in [5.41, 5.74) is 3.64. The normalized spacial score (nSPS) is 15.7. The molecule has 0 saturated heterocycles. The van der Waals surface area contributed by atoms with E-state index in [0.29, 0.717) is 25.1 Å². The molecule has 1 fully saturated rings. The number of ether oxygens (including phenoxy) is 1. The monoisotopic (exact) mass is 468 g/mol. The fourth-order valence-electron chi connectivity index (χ4n) is 4.57. The van der Waals surface area contributed by atoms with Gasteiger partial charge in [0.1, 0.15) is 12.1 Å². The van der Waals surface area contributed by atoms with E-state index >= 15 is 0 Å². The fourth-order valence-corrected chi connectivity index (χ4v) is 5.33. The Kier molecular flexibility index (Phi) is 6.93. The average Bonchev–Trinajstić information content (AvgIpc) is 3.10. The molecule has 4 rings (SSSR count). The number of carbonyl (C=O) groups excluding carboxylic acids is 2. The molecule has 33 heavy (non-hydrogen) atoms. The zero-order valence-electron chi connectivity index (χ0n) is 18.6. The highest BCUT2D eigenvalue weighted by molar-refractivity contribution is 7.99. The standard InChI is InChI=1S/C25H28N2O5S/c1-27(25(23(29)30)11-6-12-25)22(28)16-33-14-13-26-24(31)32-15-21-19-9-4-2-7-17(19)18-8-3-5-10-20(18)21/h2-5,7-10,21H,6,11-16H2,1H3,(H,26,31)(H,29,30). The van der Waals surface area contributed by atoms with Crippen molar-refractivity contribution in [3.05, 3.63) is 59.7 Å². The minimum atomic E-state index is -1.04. The maximum absolute atomic E-state index is 12.4. The number of amides is 2. The molecule has 1 saturated carbocycles. The number of carboxylic acids is 1. The van der Waals surface area contributed by atoms with Crippen LogP contribution in [0.15, 0.2) is 48.5 Å². The van der Waals surface area contributed by atoms with E-state index in [-0.39, 0.29) is 24.2 Å². The van der Waals surface area contributed by atoms with Crippen molar-refractivity contribution < 1.29 is 24.2 Å². The number of carboxylic acid groups (broad SMARTS) is 1. The SMILES string of the molecule is CN(C(=O)CSCCNC(=O)OCC1c2ccccc2-c2ccccc21)C1(C(=O)O)CCC1. The van der Waals surface area contributed by atoms with Crippen LogP contribution in [0.25, 0.3) is 11.1 Å². The number of rotatable bonds is 9. The summed E-state index contributed by atoms with van der Waals surface area (Å²) < 4.78 is 5.50. The summed E-state index contributed by atoms with van der Waals surface area (Å²) in [6.07, 6.45) is 1.33. The Bertz CT molecular complexity index is 1010. The molecule has 8 heteroatoms. The Morgan fingerprint density at radius 3 is 2.24 bits per heavy atom. The summed E-state index contributed by atoms with van der Waals surface area (Å²) in [7, 11) is 1.56. The molecular formula is C25H28N2O5S. The van der Waals surface area contributed by atoms with Crippen LogP contribution in [0.3, 0.4) is 0 Å². The van der Waals surface area contributed by atoms with Gasteiger partial charge in [0.25, 0.3) is 0 Å². The van der Waals surface area contributed by atoms with E-state index in [1.807, 2.05) is 24.3 Å². The third kappa shape index (κ3) is 4.57. The van der Waals surface area contributed by atoms with Crippen molar-refractivity contribution in [3.63, 3.8) is 0 Å². The van der Waals surface area contributed by atoms with E-state index < -0.39 is 17.6 Å². The smallest absolute Gasteiger partial charge is 0.407 e. The molecule has 0 atom stereocenters. The summed E-state index contributed by atoms with van der Waals surface area (Å²) in [6, 6.07) is 16.3. The minimum absolute atomic E-state index is 0.0127. The highest BCUT2D eigenvalue weighted by Gasteiger charge is 2.49. The summed E-state index contributed by atoms with van der Waals surface area (Å²) in [5, 5.41) is 12.2. The number of alkyl carbamates (subject to hydrolysis) is 1. The Labute approximate surface area is 197 Å². The first-order valence-corrected chi connectivity index (χ1v) is 12.3. The Balaban J connectivity index is 1.19. The maximum Gasteiger partial charge on any atom is 0.407 e. The molecule has 2 aromatic rings. The number of aliphatic carboxylic acids is 1. The highest BCUT2D eigenvalue weighted by atomic mass is 32.2. The van der Waals surface area contributed by atoms with E-state index in [9.17, 15) is 19.5 Å². The molecule has 2 amide bonds. The molecule has 0 radical (unpaired) electrons. The van der Waals surface area contributed by atoms with Crippen molar-refractivity contribution in [3.8, 4) is 11.1 Å². The fraction of sp³-hybridized carbons (Fsp3) is 0.400. The molecule has 174 valence electrons. The van der Waals surface area contributed by atoms with Crippen LogP contribution in [-0.2, 0) is 14.3 Å². The van der Waals surface area contributed by atoms with Gasteiger partial charge < -0.3 is 20.1 Å². The van der Waals surface area contributed by atoms with Gasteiger partial charge >= 0.3 is 12.1 Å². The number of nitrogens with one attached hydrogen (secondary N) is 1. The van der Waals surface area contributed by atoms with E-state index in [2.05, 4.69) is 29.6 Å². The molecule has 0 heterocycles. The first-order valence-electron chi connectivity index (χ1n) is 11.1. The van der Waals surface area contributed by atoms with Crippen LogP contribution in [0.2, 0.25) is 0 Å². The highest BCUT2D eigenvalue weighted by Crippen LogP contribution is 2.44. The number of nitrogens with zero attached hydrogens (tertiary/aromatic N) is 1. The zero-order valence-corrected chi connectivity index (χ0v) is 19.4. The first kappa shape index (κ1) is 23.2. The lowest BCUT2D eigenvalue weighted by Gasteiger charge is -2.44. The third-order valence-electron chi connectivity index (χ3n) is 6.68. The number of fused-ring (bicyclic) bond motifs is 3. The van der Waals surface area contributed by atoms with E-state index in [1.54, 1.807) is 7.05 Å². The molecule has 0 unspecified atom stereocenters. The number of benzene rings is 2. The van der Waals surface area contributed by atoms with Gasteiger partial charge in [-0.2, -0.15) is 11.8 Å². The van der Waals surface area contributed by atoms with Gasteiger partial charge in [0.05, 0.1) is 5.75 Å². The van der Waals surface area contributed by atoms with Crippen LogP contribution in [-0.4, -0.2) is 65.2 Å². The second kappa shape index (κ2) is 9.87. The predicted octanol–water partition coefficient (Wildman–Crippen LogP) is 3.72. The Morgan fingerprint density at radius 1 is 1.09 bits per heavy atom. The molecular weight excluding hydrogens is 440 g/mol. The molecule has 2 N–H and O–H groups in total. The molecule has 0 aromatic heterocycles. The van der Waals surface area contributed by atoms with E-state index in [0.717, 1.165) is 17.5 Å². The van der Waals surface area contributed by atoms with Crippen LogP contribution < -0.4 is 5.32 Å². The van der Waals surface area contributed by atoms with Crippen molar-refractivity contribution >= 4 is 29.7 Å². The molecule has 2 aromatic carbocycles. The second-order valence-electron chi connectivity index (χ2n) is 8.45. The van der Waals surface area contributed by atoms with Crippen molar-refractivity contribution in [1.29, 1.82) is 0 Å². The topological polar surface area (TPSA) is 95.9 Å². The maximum atomic E-state index is 12.4. The first-order chi connectivity index (χ1) is 15.9. The quantitative estimate of drug-likeness (QED) is 0.545. The molecule has 2 aliphatic rings. The second-order valence-corrected chi connectivity index (χ2v) is 9.55. The van der Waals surface area contributed by atoms with Gasteiger partial charge in [-0.1, -0.05) is 48.5 Å². The predicted molar refractivity (Wildman–Crippen MR) is 127 cm³/mol. The zero-order chi connectivity index (χ0) is 23.4. The lowest BCUT2D eigenvalue weighted by Crippen LogP contribution is -2.60. The largest absolute Gasteiger partial charge is 0.479 e. The molecule has 0 spiro atoms. The van der Waals surface area contributed by atoms with Gasteiger partial charge in [-0.25, -0.2) is 9.59 Å². The Morgan fingerprint density at radius 2 is 1.70 bits per heavy atom. The molecule has 2 aliphatic carbocycles. The van der Waals surface area contributed by atoms with Gasteiger partial charge in [-0.15, -0.1) is 0 Å². The Hall–Kier alpha value is -3.00. The van der Waals surface area contributed by atoms with Gasteiger partial charge in [0.2, 0.25) is 5.91 Å². The van der Waals surface area contributed by atoms with Gasteiger partial charge in [-0.05, 0) is 41.5 Å². The average molecular weight is 469 g/mol. The summed E-state index contributed by atoms with van der Waals surface area (Å²) in [6.45, 7) is 0.621. The number of carbonyl (C=O) groups is 3. The van der Waals surface area contributed by atoms with Gasteiger partial charge in [0, 0.05) is 25.3 Å². The number of thioether (sulfide) groups is 1. The minimum Gasteiger partial charge on any atom is -0.479 e. The van der Waals surface area contributed by atoms with Crippen molar-refractivity contribution in [1.82, 2.24) is 10.2 Å². The van der Waals surface area contributed by atoms with Crippen molar-refractivity contribution in [2.75, 3.05) is 31.7 Å². The summed E-state index contributed by atoms with van der Waals surface area (Å²) in [4.78, 5) is 37.5. The number of hydrogen-bond donors (Lipinski definition) is 2. The van der Waals surface area contributed by atoms with Crippen LogP contribution in [0, 0.1) is 0 Å². The van der Waals surface area contributed by atoms with E-state index in [1.165, 1.54) is 27.8 Å². The number of hydrogen-bond acceptors (Lipinski definition) is 5. The van der Waals surface area contributed by atoms with Crippen LogP contribution in [0.5, 0.6) is 0 Å². The van der Waals surface area contributed by atoms with E-state index in [4.69, 9.17) is 4.74 Å². The van der Waals surface area contributed by atoms with Crippen molar-refractivity contribution in [2.24, 2.45) is 0 Å². The van der Waals surface area contributed by atoms with Gasteiger partial charge in [-0.3, -0.25) is 4.79 Å². The van der Waals surface area contributed by atoms with Crippen molar-refractivity contribution in [2.45, 2.75) is 30.7 Å². The molecule has 0 aliphatic heterocycles. The van der Waals surface area contributed by atoms with Crippen LogP contribution >= 0.6 is 11.8 Å². The number of likely N-dealkylation sites (N-methyl/N-ethyl adjacent to an activating group) is 1. The molecule has 7 nitrogen and oxygen atoms in total. The lowest BCUT2D eigenvalue weighted by atomic mass is 9.75. The van der Waals surface area contributed by atoms with Crippen LogP contribution in [0.4, 0.5) is 4.79 Å². The molecule has 0 bridgehead atoms. The van der Waals surface area contributed by atoms with Gasteiger partial charge in [0.15, 0.2) is 0 Å². The lowest BCUT2D eigenvalue weighted by molar-refractivity contribution is -0.163. The van der Waals surface area contributed by atoms with Crippen LogP contribution in [0.1, 0.15) is 36.3 Å². The third-order valence-corrected chi connectivity index (χ3v) is 7.62. The summed E-state index contributed by atoms with van der Waals surface area (Å²) >= 11 is 1.36.